The molecule has 1 aliphatic heterocycles. The average Bonchev–Trinajstić information content (AvgIpc) is 3.13. The highest BCUT2D eigenvalue weighted by Crippen LogP contribution is 2.31. The predicted molar refractivity (Wildman–Crippen MR) is 79.0 cm³/mol. The van der Waals surface area contributed by atoms with E-state index < -0.39 is 18.0 Å². The molecule has 8 heteroatoms. The minimum absolute atomic E-state index is 0.0737. The summed E-state index contributed by atoms with van der Waals surface area (Å²) in [6, 6.07) is -0.886. The van der Waals surface area contributed by atoms with Gasteiger partial charge in [-0.15, -0.1) is 11.8 Å². The number of urea groups is 1. The van der Waals surface area contributed by atoms with Crippen molar-refractivity contribution in [3.05, 3.63) is 0 Å². The van der Waals surface area contributed by atoms with Crippen LogP contribution in [0.2, 0.25) is 0 Å². The van der Waals surface area contributed by atoms with Crippen LogP contribution < -0.4 is 10.6 Å². The molecule has 21 heavy (non-hydrogen) atoms. The first-order valence-corrected chi connectivity index (χ1v) is 8.27. The minimum atomic E-state index is -0.986. The van der Waals surface area contributed by atoms with Gasteiger partial charge in [0.1, 0.15) is 6.04 Å². The Morgan fingerprint density at radius 1 is 1.33 bits per heavy atom. The van der Waals surface area contributed by atoms with Gasteiger partial charge in [-0.3, -0.25) is 9.69 Å². The van der Waals surface area contributed by atoms with Crippen molar-refractivity contribution in [3.63, 3.8) is 0 Å². The molecule has 0 aromatic heterocycles. The second kappa shape index (κ2) is 7.02. The molecular weight excluding hydrogens is 294 g/mol. The molecule has 7 nitrogen and oxygen atoms in total. The maximum Gasteiger partial charge on any atom is 0.327 e. The van der Waals surface area contributed by atoms with Gasteiger partial charge in [-0.2, -0.15) is 0 Å². The summed E-state index contributed by atoms with van der Waals surface area (Å²) >= 11 is 1.48. The SMILES string of the molecule is CCC1SCC(C(=O)O)N1C(=O)NCCC(=O)NC1CC1. The summed E-state index contributed by atoms with van der Waals surface area (Å²) in [7, 11) is 0. The Kier molecular flexibility index (Phi) is 5.33. The molecule has 2 atom stereocenters. The lowest BCUT2D eigenvalue weighted by Gasteiger charge is -2.26. The standard InChI is InChI=1S/C13H21N3O4S/c1-2-11-16(9(7-21-11)12(18)19)13(20)14-6-5-10(17)15-8-3-4-8/h8-9,11H,2-7H2,1H3,(H,14,20)(H,15,17)(H,18,19). The van der Waals surface area contributed by atoms with Crippen molar-refractivity contribution in [1.82, 2.24) is 15.5 Å². The van der Waals surface area contributed by atoms with E-state index in [0.29, 0.717) is 18.2 Å². The van der Waals surface area contributed by atoms with E-state index in [9.17, 15) is 14.4 Å². The quantitative estimate of drug-likeness (QED) is 0.667. The molecule has 1 saturated carbocycles. The Bertz CT molecular complexity index is 428. The van der Waals surface area contributed by atoms with E-state index in [1.165, 1.54) is 16.7 Å². The first-order valence-electron chi connectivity index (χ1n) is 7.22. The highest BCUT2D eigenvalue weighted by Gasteiger charge is 2.40. The van der Waals surface area contributed by atoms with Crippen molar-refractivity contribution in [2.75, 3.05) is 12.3 Å². The van der Waals surface area contributed by atoms with Gasteiger partial charge in [-0.1, -0.05) is 6.92 Å². The lowest BCUT2D eigenvalue weighted by atomic mass is 10.2. The molecule has 3 amide bonds. The normalized spacial score (nSPS) is 24.7. The second-order valence-corrected chi connectivity index (χ2v) is 6.49. The summed E-state index contributed by atoms with van der Waals surface area (Å²) in [6.07, 6.45) is 2.98. The van der Waals surface area contributed by atoms with Crippen molar-refractivity contribution in [2.24, 2.45) is 0 Å². The minimum Gasteiger partial charge on any atom is -0.480 e. The number of carboxylic acid groups (broad SMARTS) is 1. The van der Waals surface area contributed by atoms with Gasteiger partial charge < -0.3 is 15.7 Å². The van der Waals surface area contributed by atoms with Crippen LogP contribution in [0.5, 0.6) is 0 Å². The predicted octanol–water partition coefficient (Wildman–Crippen LogP) is 0.603. The summed E-state index contributed by atoms with van der Waals surface area (Å²) in [6.45, 7) is 2.15. The Morgan fingerprint density at radius 2 is 2.05 bits per heavy atom. The van der Waals surface area contributed by atoms with Gasteiger partial charge in [0.25, 0.3) is 0 Å². The van der Waals surface area contributed by atoms with Crippen molar-refractivity contribution in [2.45, 2.75) is 50.1 Å². The molecule has 3 N–H and O–H groups in total. The maximum absolute atomic E-state index is 12.2. The summed E-state index contributed by atoms with van der Waals surface area (Å²) in [4.78, 5) is 36.2. The fourth-order valence-corrected chi connectivity index (χ4v) is 3.59. The molecule has 2 rings (SSSR count). The van der Waals surface area contributed by atoms with Crippen molar-refractivity contribution in [3.8, 4) is 0 Å². The number of hydrogen-bond donors (Lipinski definition) is 3. The van der Waals surface area contributed by atoms with E-state index in [4.69, 9.17) is 5.11 Å². The molecule has 1 saturated heterocycles. The molecule has 2 fully saturated rings. The van der Waals surface area contributed by atoms with Crippen LogP contribution in [0, 0.1) is 0 Å². The molecule has 1 aliphatic carbocycles. The molecule has 0 radical (unpaired) electrons. The van der Waals surface area contributed by atoms with Crippen LogP contribution in [0.15, 0.2) is 0 Å². The molecule has 0 aromatic rings. The number of nitrogens with one attached hydrogen (secondary N) is 2. The first-order chi connectivity index (χ1) is 10.0. The lowest BCUT2D eigenvalue weighted by Crippen LogP contribution is -2.50. The Balaban J connectivity index is 1.79. The van der Waals surface area contributed by atoms with E-state index in [2.05, 4.69) is 10.6 Å². The largest absolute Gasteiger partial charge is 0.480 e. The molecule has 2 aliphatic rings. The molecule has 0 aromatic carbocycles. The van der Waals surface area contributed by atoms with Crippen LogP contribution in [-0.2, 0) is 9.59 Å². The molecule has 2 unspecified atom stereocenters. The smallest absolute Gasteiger partial charge is 0.327 e. The Labute approximate surface area is 127 Å². The number of carboxylic acids is 1. The van der Waals surface area contributed by atoms with Crippen LogP contribution in [-0.4, -0.2) is 57.7 Å². The summed E-state index contributed by atoms with van der Waals surface area (Å²) in [5.74, 6) is -0.654. The van der Waals surface area contributed by atoms with E-state index in [-0.39, 0.29) is 24.2 Å². The number of thioether (sulfide) groups is 1. The number of carbonyl (C=O) groups excluding carboxylic acids is 2. The van der Waals surface area contributed by atoms with Gasteiger partial charge in [-0.05, 0) is 19.3 Å². The van der Waals surface area contributed by atoms with Crippen LogP contribution in [0.25, 0.3) is 0 Å². The third-order valence-corrected chi connectivity index (χ3v) is 4.99. The zero-order chi connectivity index (χ0) is 15.4. The average molecular weight is 315 g/mol. The molecule has 118 valence electrons. The fourth-order valence-electron chi connectivity index (χ4n) is 2.24. The molecular formula is C13H21N3O4S. The number of amides is 3. The summed E-state index contributed by atoms with van der Waals surface area (Å²) in [5, 5.41) is 14.5. The van der Waals surface area contributed by atoms with Crippen LogP contribution in [0.3, 0.4) is 0 Å². The van der Waals surface area contributed by atoms with E-state index in [1.54, 1.807) is 0 Å². The van der Waals surface area contributed by atoms with Crippen molar-refractivity contribution in [1.29, 1.82) is 0 Å². The van der Waals surface area contributed by atoms with Crippen molar-refractivity contribution >= 4 is 29.7 Å². The number of rotatable bonds is 6. The van der Waals surface area contributed by atoms with Gasteiger partial charge >= 0.3 is 12.0 Å². The maximum atomic E-state index is 12.2. The fraction of sp³-hybridized carbons (Fsp3) is 0.769. The van der Waals surface area contributed by atoms with Crippen LogP contribution in [0.1, 0.15) is 32.6 Å². The van der Waals surface area contributed by atoms with Crippen LogP contribution in [0.4, 0.5) is 4.79 Å². The van der Waals surface area contributed by atoms with E-state index in [1.807, 2.05) is 6.92 Å². The third-order valence-electron chi connectivity index (χ3n) is 3.53. The van der Waals surface area contributed by atoms with E-state index >= 15 is 0 Å². The third kappa shape index (κ3) is 4.26. The Hall–Kier alpha value is -1.44. The van der Waals surface area contributed by atoms with Gasteiger partial charge in [0.05, 0.1) is 5.37 Å². The zero-order valence-corrected chi connectivity index (χ0v) is 12.8. The monoisotopic (exact) mass is 315 g/mol. The topological polar surface area (TPSA) is 98.7 Å². The zero-order valence-electron chi connectivity index (χ0n) is 12.0. The highest BCUT2D eigenvalue weighted by molar-refractivity contribution is 8.00. The number of carbonyl (C=O) groups is 3. The van der Waals surface area contributed by atoms with Gasteiger partial charge in [0.2, 0.25) is 5.91 Å². The second-order valence-electron chi connectivity index (χ2n) is 5.28. The lowest BCUT2D eigenvalue weighted by molar-refractivity contribution is -0.141. The van der Waals surface area contributed by atoms with Gasteiger partial charge in [0.15, 0.2) is 0 Å². The summed E-state index contributed by atoms with van der Waals surface area (Å²) < 4.78 is 0. The van der Waals surface area contributed by atoms with Gasteiger partial charge in [0, 0.05) is 24.8 Å². The molecule has 1 heterocycles. The number of aliphatic carboxylic acids is 1. The van der Waals surface area contributed by atoms with Crippen molar-refractivity contribution < 1.29 is 19.5 Å². The highest BCUT2D eigenvalue weighted by atomic mass is 32.2. The summed E-state index contributed by atoms with van der Waals surface area (Å²) in [5.41, 5.74) is 0. The number of nitrogens with zero attached hydrogens (tertiary/aromatic N) is 1. The number of hydrogen-bond acceptors (Lipinski definition) is 4. The van der Waals surface area contributed by atoms with Gasteiger partial charge in [-0.25, -0.2) is 9.59 Å². The van der Waals surface area contributed by atoms with E-state index in [0.717, 1.165) is 12.8 Å². The van der Waals surface area contributed by atoms with Crippen LogP contribution >= 0.6 is 11.8 Å². The molecule has 0 bridgehead atoms. The first kappa shape index (κ1) is 15.9. The Morgan fingerprint density at radius 3 is 2.62 bits per heavy atom. The molecule has 0 spiro atoms.